The molecule has 19 heavy (non-hydrogen) atoms. The molecule has 0 atom stereocenters. The number of aromatic nitrogens is 1. The van der Waals surface area contributed by atoms with Crippen LogP contribution in [0.1, 0.15) is 0 Å². The highest BCUT2D eigenvalue weighted by molar-refractivity contribution is 9.10. The van der Waals surface area contributed by atoms with Gasteiger partial charge >= 0.3 is 0 Å². The summed E-state index contributed by atoms with van der Waals surface area (Å²) in [4.78, 5) is 4.27. The number of pyridine rings is 1. The van der Waals surface area contributed by atoms with Gasteiger partial charge in [0.2, 0.25) is 0 Å². The largest absolute Gasteiger partial charge is 0.397 e. The highest BCUT2D eigenvalue weighted by Gasteiger charge is 2.12. The van der Waals surface area contributed by atoms with Crippen LogP contribution in [0.15, 0.2) is 53.1 Å². The second-order valence-electron chi connectivity index (χ2n) is 4.23. The summed E-state index contributed by atoms with van der Waals surface area (Å²) in [7, 11) is 0. The van der Waals surface area contributed by atoms with Crippen LogP contribution in [-0.2, 0) is 0 Å². The summed E-state index contributed by atoms with van der Waals surface area (Å²) in [5.41, 5.74) is 8.42. The SMILES string of the molecule is Nc1cnc2ccc(Br)cc2c1-c1ccccc1F. The Kier molecular flexibility index (Phi) is 2.95. The maximum Gasteiger partial charge on any atom is 0.131 e. The van der Waals surface area contributed by atoms with E-state index in [2.05, 4.69) is 20.9 Å². The Morgan fingerprint density at radius 2 is 1.89 bits per heavy atom. The van der Waals surface area contributed by atoms with Crippen LogP contribution in [0.25, 0.3) is 22.0 Å². The molecule has 1 aromatic heterocycles. The summed E-state index contributed by atoms with van der Waals surface area (Å²) in [6.45, 7) is 0. The molecule has 0 radical (unpaired) electrons. The van der Waals surface area contributed by atoms with E-state index in [9.17, 15) is 4.39 Å². The predicted molar refractivity (Wildman–Crippen MR) is 79.2 cm³/mol. The minimum Gasteiger partial charge on any atom is -0.397 e. The molecule has 0 unspecified atom stereocenters. The molecule has 0 saturated heterocycles. The van der Waals surface area contributed by atoms with Gasteiger partial charge in [-0.3, -0.25) is 4.98 Å². The molecule has 3 rings (SSSR count). The van der Waals surface area contributed by atoms with Gasteiger partial charge in [0.15, 0.2) is 0 Å². The summed E-state index contributed by atoms with van der Waals surface area (Å²) in [5, 5.41) is 0.833. The van der Waals surface area contributed by atoms with Crippen molar-refractivity contribution in [2.24, 2.45) is 0 Å². The first-order valence-corrected chi connectivity index (χ1v) is 6.55. The Morgan fingerprint density at radius 3 is 2.68 bits per heavy atom. The number of benzene rings is 2. The number of nitrogens with zero attached hydrogens (tertiary/aromatic N) is 1. The molecule has 0 amide bonds. The van der Waals surface area contributed by atoms with Gasteiger partial charge in [0.25, 0.3) is 0 Å². The van der Waals surface area contributed by atoms with Crippen molar-refractivity contribution in [1.82, 2.24) is 4.98 Å². The lowest BCUT2D eigenvalue weighted by atomic mass is 9.99. The molecular formula is C15H10BrFN2. The molecule has 0 saturated carbocycles. The van der Waals surface area contributed by atoms with Crippen molar-refractivity contribution in [1.29, 1.82) is 0 Å². The zero-order valence-corrected chi connectivity index (χ0v) is 11.5. The van der Waals surface area contributed by atoms with Gasteiger partial charge in [-0.15, -0.1) is 0 Å². The molecule has 2 nitrogen and oxygen atoms in total. The molecule has 0 aliphatic carbocycles. The Balaban J connectivity index is 2.43. The highest BCUT2D eigenvalue weighted by Crippen LogP contribution is 2.35. The highest BCUT2D eigenvalue weighted by atomic mass is 79.9. The molecule has 1 heterocycles. The fourth-order valence-corrected chi connectivity index (χ4v) is 2.51. The first-order valence-electron chi connectivity index (χ1n) is 5.75. The smallest absolute Gasteiger partial charge is 0.131 e. The second kappa shape index (κ2) is 4.63. The number of hydrogen-bond donors (Lipinski definition) is 1. The van der Waals surface area contributed by atoms with Gasteiger partial charge in [-0.2, -0.15) is 0 Å². The number of anilines is 1. The van der Waals surface area contributed by atoms with Gasteiger partial charge in [-0.1, -0.05) is 34.1 Å². The quantitative estimate of drug-likeness (QED) is 0.723. The van der Waals surface area contributed by atoms with Crippen LogP contribution in [-0.4, -0.2) is 4.98 Å². The minimum atomic E-state index is -0.290. The fraction of sp³-hybridized carbons (Fsp3) is 0. The summed E-state index contributed by atoms with van der Waals surface area (Å²) < 4.78 is 14.9. The fourth-order valence-electron chi connectivity index (χ4n) is 2.14. The number of rotatable bonds is 1. The van der Waals surface area contributed by atoms with Crippen molar-refractivity contribution in [3.8, 4) is 11.1 Å². The van der Waals surface area contributed by atoms with Gasteiger partial charge in [0, 0.05) is 21.0 Å². The van der Waals surface area contributed by atoms with Crippen molar-refractivity contribution in [2.75, 3.05) is 5.73 Å². The summed E-state index contributed by atoms with van der Waals surface area (Å²) in [6, 6.07) is 12.3. The van der Waals surface area contributed by atoms with Crippen LogP contribution in [0.2, 0.25) is 0 Å². The second-order valence-corrected chi connectivity index (χ2v) is 5.15. The Bertz CT molecular complexity index is 766. The van der Waals surface area contributed by atoms with Gasteiger partial charge in [0.1, 0.15) is 5.82 Å². The average molecular weight is 317 g/mol. The Morgan fingerprint density at radius 1 is 1.11 bits per heavy atom. The van der Waals surface area contributed by atoms with Crippen LogP contribution < -0.4 is 5.73 Å². The molecule has 0 aliphatic rings. The molecule has 4 heteroatoms. The third-order valence-electron chi connectivity index (χ3n) is 3.00. The van der Waals surface area contributed by atoms with Gasteiger partial charge in [0.05, 0.1) is 17.4 Å². The maximum absolute atomic E-state index is 14.0. The third-order valence-corrected chi connectivity index (χ3v) is 3.50. The van der Waals surface area contributed by atoms with E-state index >= 15 is 0 Å². The zero-order valence-electron chi connectivity index (χ0n) is 9.90. The van der Waals surface area contributed by atoms with Gasteiger partial charge < -0.3 is 5.73 Å². The van der Waals surface area contributed by atoms with Crippen molar-refractivity contribution in [2.45, 2.75) is 0 Å². The molecule has 2 aromatic carbocycles. The number of nitrogens with two attached hydrogens (primary N) is 1. The van der Waals surface area contributed by atoms with E-state index in [-0.39, 0.29) is 5.82 Å². The van der Waals surface area contributed by atoms with E-state index < -0.39 is 0 Å². The van der Waals surface area contributed by atoms with Crippen molar-refractivity contribution in [3.63, 3.8) is 0 Å². The summed E-state index contributed by atoms with van der Waals surface area (Å²) in [5.74, 6) is -0.290. The summed E-state index contributed by atoms with van der Waals surface area (Å²) in [6.07, 6.45) is 1.57. The van der Waals surface area contributed by atoms with Gasteiger partial charge in [-0.25, -0.2) is 4.39 Å². The van der Waals surface area contributed by atoms with E-state index in [4.69, 9.17) is 5.73 Å². The Hall–Kier alpha value is -1.94. The lowest BCUT2D eigenvalue weighted by molar-refractivity contribution is 0.631. The Labute approximate surface area is 118 Å². The average Bonchev–Trinajstić information content (AvgIpc) is 2.40. The first-order chi connectivity index (χ1) is 9.16. The molecule has 0 spiro atoms. The molecular weight excluding hydrogens is 307 g/mol. The molecule has 0 fully saturated rings. The number of hydrogen-bond acceptors (Lipinski definition) is 2. The van der Waals surface area contributed by atoms with E-state index in [0.717, 1.165) is 15.4 Å². The van der Waals surface area contributed by atoms with E-state index in [0.29, 0.717) is 16.8 Å². The monoisotopic (exact) mass is 316 g/mol. The zero-order chi connectivity index (χ0) is 13.4. The van der Waals surface area contributed by atoms with Gasteiger partial charge in [-0.05, 0) is 24.3 Å². The van der Waals surface area contributed by atoms with Crippen molar-refractivity contribution < 1.29 is 4.39 Å². The molecule has 0 aliphatic heterocycles. The summed E-state index contributed by atoms with van der Waals surface area (Å²) >= 11 is 3.42. The first kappa shape index (κ1) is 12.1. The van der Waals surface area contributed by atoms with Crippen molar-refractivity contribution >= 4 is 32.5 Å². The van der Waals surface area contributed by atoms with Crippen LogP contribution in [0.5, 0.6) is 0 Å². The maximum atomic E-state index is 14.0. The molecule has 94 valence electrons. The lowest BCUT2D eigenvalue weighted by Gasteiger charge is -2.11. The predicted octanol–water partition coefficient (Wildman–Crippen LogP) is 4.39. The van der Waals surface area contributed by atoms with E-state index in [1.54, 1.807) is 24.4 Å². The minimum absolute atomic E-state index is 0.290. The number of halogens is 2. The van der Waals surface area contributed by atoms with Crippen LogP contribution >= 0.6 is 15.9 Å². The van der Waals surface area contributed by atoms with Crippen molar-refractivity contribution in [3.05, 3.63) is 59.0 Å². The lowest BCUT2D eigenvalue weighted by Crippen LogP contribution is -1.95. The standard InChI is InChI=1S/C15H10BrFN2/c16-9-5-6-14-11(7-9)15(13(18)8-19-14)10-3-1-2-4-12(10)17/h1-8H,18H2. The number of fused-ring (bicyclic) bond motifs is 1. The van der Waals surface area contributed by atoms with Crippen LogP contribution in [0.3, 0.4) is 0 Å². The normalized spacial score (nSPS) is 10.8. The van der Waals surface area contributed by atoms with Crippen LogP contribution in [0.4, 0.5) is 10.1 Å². The van der Waals surface area contributed by atoms with E-state index in [1.165, 1.54) is 6.07 Å². The van der Waals surface area contributed by atoms with Crippen LogP contribution in [0, 0.1) is 5.82 Å². The molecule has 0 bridgehead atoms. The molecule has 2 N–H and O–H groups in total. The number of nitrogen functional groups attached to an aromatic ring is 1. The van der Waals surface area contributed by atoms with E-state index in [1.807, 2.05) is 18.2 Å². The molecule has 3 aromatic rings. The topological polar surface area (TPSA) is 38.9 Å². The third kappa shape index (κ3) is 2.08.